The molecule has 3 nitrogen and oxygen atoms in total. The van der Waals surface area contributed by atoms with Crippen LogP contribution in [0.25, 0.3) is 0 Å². The molecular weight excluding hydrogens is 376 g/mol. The van der Waals surface area contributed by atoms with E-state index in [1.54, 1.807) is 5.57 Å². The van der Waals surface area contributed by atoms with E-state index in [0.29, 0.717) is 30.1 Å². The molecule has 0 aromatic rings. The number of cyclic esters (lactones) is 1. The number of rotatable bonds is 5. The Morgan fingerprint density at radius 1 is 1.17 bits per heavy atom. The molecule has 0 radical (unpaired) electrons. The first kappa shape index (κ1) is 22.8. The van der Waals surface area contributed by atoms with Gasteiger partial charge in [-0.3, -0.25) is 4.79 Å². The molecule has 1 fully saturated rings. The number of ether oxygens (including phenoxy) is 1. The van der Waals surface area contributed by atoms with E-state index in [1.807, 2.05) is 0 Å². The van der Waals surface area contributed by atoms with Gasteiger partial charge in [-0.15, -0.1) is 0 Å². The maximum Gasteiger partial charge on any atom is 0.308 e. The fourth-order valence-electron chi connectivity index (χ4n) is 5.10. The zero-order valence-electron chi connectivity index (χ0n) is 19.7. The van der Waals surface area contributed by atoms with Crippen LogP contribution < -0.4 is 0 Å². The molecule has 1 aliphatic heterocycles. The van der Waals surface area contributed by atoms with Gasteiger partial charge in [0.25, 0.3) is 0 Å². The quantitative estimate of drug-likeness (QED) is 0.370. The molecule has 0 aromatic heterocycles. The van der Waals surface area contributed by atoms with E-state index >= 15 is 0 Å². The van der Waals surface area contributed by atoms with E-state index in [1.165, 1.54) is 12.8 Å². The van der Waals surface area contributed by atoms with Crippen molar-refractivity contribution >= 4 is 14.3 Å². The fraction of sp³-hybridized carbons (Fsp3) is 0.800. The average molecular weight is 419 g/mol. The standard InChI is InChI=1S/C25H42O3Si/c1-17-8-12-23-19(14-17)10-9-18(2)22(23)13-11-20-15-21(16-24(26)27-20)28-29(6,7)25(3,4)5/h9-10,14,17-18,20-23H,8,11-13,15-16H2,1-7H3/t17-,18+,20-,21-,22+,23+/m1/s1. The molecule has 1 saturated heterocycles. The van der Waals surface area contributed by atoms with Gasteiger partial charge in [0.1, 0.15) is 6.10 Å². The smallest absolute Gasteiger partial charge is 0.308 e. The minimum atomic E-state index is -1.87. The van der Waals surface area contributed by atoms with Gasteiger partial charge in [-0.1, -0.05) is 52.8 Å². The Labute approximate surface area is 179 Å². The Kier molecular flexibility index (Phi) is 6.84. The van der Waals surface area contributed by atoms with Crippen molar-refractivity contribution < 1.29 is 14.0 Å². The van der Waals surface area contributed by atoms with E-state index in [0.717, 1.165) is 19.3 Å². The lowest BCUT2D eigenvalue weighted by Gasteiger charge is -2.42. The largest absolute Gasteiger partial charge is 0.462 e. The van der Waals surface area contributed by atoms with Gasteiger partial charge in [0.2, 0.25) is 0 Å². The van der Waals surface area contributed by atoms with Gasteiger partial charge >= 0.3 is 5.97 Å². The SMILES string of the molecule is C[C@H]1C=C2C=C[C@H](C)[C@H](CC[C@@H]3C[C@@H](O[Si](C)(C)C(C)(C)C)CC(=O)O3)[C@H]2CC1. The summed E-state index contributed by atoms with van der Waals surface area (Å²) in [5.74, 6) is 2.58. The van der Waals surface area contributed by atoms with Crippen LogP contribution in [0.5, 0.6) is 0 Å². The van der Waals surface area contributed by atoms with E-state index < -0.39 is 8.32 Å². The normalized spacial score (nSPS) is 35.7. The summed E-state index contributed by atoms with van der Waals surface area (Å²) in [6.07, 6.45) is 13.2. The highest BCUT2D eigenvalue weighted by Crippen LogP contribution is 2.44. The number of fused-ring (bicyclic) bond motifs is 1. The van der Waals surface area contributed by atoms with Crippen LogP contribution in [-0.4, -0.2) is 26.5 Å². The van der Waals surface area contributed by atoms with Crippen molar-refractivity contribution in [2.75, 3.05) is 0 Å². The second-order valence-electron chi connectivity index (χ2n) is 11.3. The Balaban J connectivity index is 1.61. The van der Waals surface area contributed by atoms with Crippen LogP contribution in [-0.2, 0) is 14.0 Å². The van der Waals surface area contributed by atoms with E-state index in [-0.39, 0.29) is 23.2 Å². The Bertz CT molecular complexity index is 657. The van der Waals surface area contributed by atoms with Crippen molar-refractivity contribution in [3.8, 4) is 0 Å². The topological polar surface area (TPSA) is 35.5 Å². The minimum Gasteiger partial charge on any atom is -0.462 e. The average Bonchev–Trinajstić information content (AvgIpc) is 2.59. The summed E-state index contributed by atoms with van der Waals surface area (Å²) < 4.78 is 12.3. The molecule has 2 aliphatic carbocycles. The summed E-state index contributed by atoms with van der Waals surface area (Å²) in [6, 6.07) is 0. The molecule has 0 amide bonds. The Morgan fingerprint density at radius 2 is 1.90 bits per heavy atom. The maximum atomic E-state index is 12.3. The van der Waals surface area contributed by atoms with Crippen LogP contribution in [0.1, 0.15) is 73.1 Å². The van der Waals surface area contributed by atoms with Crippen LogP contribution in [0.3, 0.4) is 0 Å². The van der Waals surface area contributed by atoms with Crippen LogP contribution in [0, 0.1) is 23.7 Å². The van der Waals surface area contributed by atoms with Crippen molar-refractivity contribution in [1.29, 1.82) is 0 Å². The molecule has 0 unspecified atom stereocenters. The molecule has 0 spiro atoms. The highest BCUT2D eigenvalue weighted by molar-refractivity contribution is 6.74. The fourth-order valence-corrected chi connectivity index (χ4v) is 6.47. The van der Waals surface area contributed by atoms with Crippen molar-refractivity contribution in [2.45, 2.75) is 103 Å². The molecule has 3 aliphatic rings. The molecule has 164 valence electrons. The van der Waals surface area contributed by atoms with Gasteiger partial charge in [-0.05, 0) is 73.1 Å². The molecule has 1 heterocycles. The minimum absolute atomic E-state index is 0.0130. The predicted molar refractivity (Wildman–Crippen MR) is 122 cm³/mol. The van der Waals surface area contributed by atoms with E-state index in [9.17, 15) is 4.79 Å². The van der Waals surface area contributed by atoms with Gasteiger partial charge < -0.3 is 9.16 Å². The third kappa shape index (κ3) is 5.44. The first-order chi connectivity index (χ1) is 13.5. The summed E-state index contributed by atoms with van der Waals surface area (Å²) in [6.45, 7) is 16.0. The molecule has 0 aromatic carbocycles. The number of hydrogen-bond acceptors (Lipinski definition) is 3. The number of allylic oxidation sites excluding steroid dienone is 4. The monoisotopic (exact) mass is 418 g/mol. The summed E-state index contributed by atoms with van der Waals surface area (Å²) in [4.78, 5) is 12.3. The van der Waals surface area contributed by atoms with Crippen molar-refractivity contribution in [2.24, 2.45) is 23.7 Å². The number of carbonyl (C=O) groups excluding carboxylic acids is 1. The van der Waals surface area contributed by atoms with Crippen LogP contribution in [0.2, 0.25) is 18.1 Å². The summed E-state index contributed by atoms with van der Waals surface area (Å²) in [7, 11) is -1.87. The first-order valence-electron chi connectivity index (χ1n) is 11.7. The highest BCUT2D eigenvalue weighted by atomic mass is 28.4. The molecular formula is C25H42O3Si. The molecule has 29 heavy (non-hydrogen) atoms. The maximum absolute atomic E-state index is 12.3. The Morgan fingerprint density at radius 3 is 2.59 bits per heavy atom. The van der Waals surface area contributed by atoms with Crippen molar-refractivity contribution in [3.63, 3.8) is 0 Å². The second-order valence-corrected chi connectivity index (χ2v) is 16.1. The van der Waals surface area contributed by atoms with Crippen molar-refractivity contribution in [3.05, 3.63) is 23.8 Å². The lowest BCUT2D eigenvalue weighted by Crippen LogP contribution is -2.47. The zero-order valence-corrected chi connectivity index (χ0v) is 20.7. The van der Waals surface area contributed by atoms with Gasteiger partial charge in [-0.25, -0.2) is 0 Å². The highest BCUT2D eigenvalue weighted by Gasteiger charge is 2.42. The van der Waals surface area contributed by atoms with E-state index in [2.05, 4.69) is 65.9 Å². The zero-order chi connectivity index (χ0) is 21.4. The number of hydrogen-bond donors (Lipinski definition) is 0. The number of carbonyl (C=O) groups is 1. The summed E-state index contributed by atoms with van der Waals surface area (Å²) in [5.41, 5.74) is 1.55. The van der Waals surface area contributed by atoms with Gasteiger partial charge in [-0.2, -0.15) is 0 Å². The Hall–Kier alpha value is -0.873. The van der Waals surface area contributed by atoms with Crippen LogP contribution in [0.15, 0.2) is 23.8 Å². The predicted octanol–water partition coefficient (Wildman–Crippen LogP) is 6.66. The summed E-state index contributed by atoms with van der Waals surface area (Å²) in [5, 5.41) is 0.161. The van der Waals surface area contributed by atoms with Crippen LogP contribution in [0.4, 0.5) is 0 Å². The van der Waals surface area contributed by atoms with Gasteiger partial charge in [0, 0.05) is 6.42 Å². The van der Waals surface area contributed by atoms with Gasteiger partial charge in [0.15, 0.2) is 8.32 Å². The lowest BCUT2D eigenvalue weighted by molar-refractivity contribution is -0.160. The summed E-state index contributed by atoms with van der Waals surface area (Å²) >= 11 is 0. The molecule has 0 saturated carbocycles. The molecule has 4 heteroatoms. The second kappa shape index (κ2) is 8.70. The lowest BCUT2D eigenvalue weighted by atomic mass is 9.66. The molecule has 3 rings (SSSR count). The molecule has 0 N–H and O–H groups in total. The number of esters is 1. The third-order valence-electron chi connectivity index (χ3n) is 7.93. The van der Waals surface area contributed by atoms with E-state index in [4.69, 9.17) is 9.16 Å². The van der Waals surface area contributed by atoms with Crippen molar-refractivity contribution in [1.82, 2.24) is 0 Å². The third-order valence-corrected chi connectivity index (χ3v) is 12.5. The van der Waals surface area contributed by atoms with Gasteiger partial charge in [0.05, 0.1) is 12.5 Å². The van der Waals surface area contributed by atoms with Crippen LogP contribution >= 0.6 is 0 Å². The molecule has 0 bridgehead atoms. The molecule has 6 atom stereocenters. The first-order valence-corrected chi connectivity index (χ1v) is 14.6.